The molecule has 0 aromatic heterocycles. The maximum atomic E-state index is 12.9. The number of hydrogen-bond donors (Lipinski definition) is 0. The minimum Gasteiger partial charge on any atom is -0.223 e. The maximum absolute atomic E-state index is 12.9. The number of rotatable bonds is 3. The summed E-state index contributed by atoms with van der Waals surface area (Å²) in [6.45, 7) is 3.54. The van der Waals surface area contributed by atoms with Crippen LogP contribution in [0, 0.1) is 24.2 Å². The third kappa shape index (κ3) is 4.09. The van der Waals surface area contributed by atoms with Crippen LogP contribution >= 0.6 is 23.2 Å². The minimum atomic E-state index is -3.47. The molecular weight excluding hydrogens is 353 g/mol. The lowest BCUT2D eigenvalue weighted by Gasteiger charge is -2.27. The molecule has 0 atom stereocenters. The normalized spacial score (nSPS) is 22.7. The van der Waals surface area contributed by atoms with E-state index in [1.54, 1.807) is 19.9 Å². The smallest absolute Gasteiger partial charge is 0.182 e. The van der Waals surface area contributed by atoms with Crippen LogP contribution in [0.4, 0.5) is 0 Å². The molecule has 0 N–H and O–H groups in total. The van der Waals surface area contributed by atoms with Gasteiger partial charge in [0.2, 0.25) is 0 Å². The van der Waals surface area contributed by atoms with Crippen LogP contribution in [-0.4, -0.2) is 13.7 Å². The van der Waals surface area contributed by atoms with Gasteiger partial charge in [0.25, 0.3) is 0 Å². The zero-order chi connectivity index (χ0) is 17.2. The average molecular weight is 372 g/mol. The molecule has 1 aliphatic carbocycles. The highest BCUT2D eigenvalue weighted by Crippen LogP contribution is 2.36. The molecular formula is C17H19Cl2NO2S. The topological polar surface area (TPSA) is 57.9 Å². The van der Waals surface area contributed by atoms with Gasteiger partial charge in [0.15, 0.2) is 9.84 Å². The van der Waals surface area contributed by atoms with Gasteiger partial charge in [-0.15, -0.1) is 0 Å². The number of sulfone groups is 1. The lowest BCUT2D eigenvalue weighted by atomic mass is 9.88. The Morgan fingerprint density at radius 3 is 2.39 bits per heavy atom. The first-order valence-corrected chi connectivity index (χ1v) is 9.84. The first-order valence-electron chi connectivity index (χ1n) is 7.53. The van der Waals surface area contributed by atoms with E-state index in [-0.39, 0.29) is 15.8 Å². The quantitative estimate of drug-likeness (QED) is 0.693. The second-order valence-corrected chi connectivity index (χ2v) is 9.09. The van der Waals surface area contributed by atoms with Gasteiger partial charge in [0, 0.05) is 10.6 Å². The minimum absolute atomic E-state index is 0.174. The summed E-state index contributed by atoms with van der Waals surface area (Å²) in [5.74, 6) is 0.281. The summed E-state index contributed by atoms with van der Waals surface area (Å²) < 4.78 is 25.7. The van der Waals surface area contributed by atoms with E-state index >= 15 is 0 Å². The van der Waals surface area contributed by atoms with E-state index in [1.165, 1.54) is 6.07 Å². The lowest BCUT2D eigenvalue weighted by molar-refractivity contribution is 0.413. The summed E-state index contributed by atoms with van der Waals surface area (Å²) in [5.41, 5.74) is 1.39. The predicted octanol–water partition coefficient (Wildman–Crippen LogP) is 5.10. The largest absolute Gasteiger partial charge is 0.223 e. The number of halogens is 2. The molecule has 0 radical (unpaired) electrons. The molecule has 0 spiro atoms. The second-order valence-electron chi connectivity index (χ2n) is 6.08. The molecule has 0 aliphatic heterocycles. The first-order chi connectivity index (χ1) is 10.8. The van der Waals surface area contributed by atoms with Crippen molar-refractivity contribution < 1.29 is 8.42 Å². The Hall–Kier alpha value is -1.02. The summed E-state index contributed by atoms with van der Waals surface area (Å²) in [5, 5.41) is 9.06. The van der Waals surface area contributed by atoms with Gasteiger partial charge in [-0.2, -0.15) is 5.26 Å². The Morgan fingerprint density at radius 1 is 1.22 bits per heavy atom. The Balaban J connectivity index is 2.20. The Kier molecular flexibility index (Phi) is 5.78. The highest BCUT2D eigenvalue weighted by atomic mass is 35.5. The van der Waals surface area contributed by atoms with Crippen molar-refractivity contribution in [2.45, 2.75) is 49.7 Å². The van der Waals surface area contributed by atoms with Crippen LogP contribution in [0.1, 0.15) is 38.2 Å². The molecule has 2 rings (SSSR count). The van der Waals surface area contributed by atoms with Crippen LogP contribution in [-0.2, 0) is 9.84 Å². The van der Waals surface area contributed by atoms with E-state index < -0.39 is 15.1 Å². The molecule has 0 saturated heterocycles. The SMILES string of the molecule is C/C(C#N)=C\C1CCC(S(=O)(=O)c2cc(C)c(Cl)cc2Cl)CC1. The zero-order valence-electron chi connectivity index (χ0n) is 13.1. The highest BCUT2D eigenvalue weighted by molar-refractivity contribution is 7.92. The van der Waals surface area contributed by atoms with Crippen molar-refractivity contribution in [2.75, 3.05) is 0 Å². The van der Waals surface area contributed by atoms with E-state index in [9.17, 15) is 8.42 Å². The van der Waals surface area contributed by atoms with Crippen LogP contribution in [0.15, 0.2) is 28.7 Å². The van der Waals surface area contributed by atoms with Crippen molar-refractivity contribution >= 4 is 33.0 Å². The molecule has 0 unspecified atom stereocenters. The Morgan fingerprint density at radius 2 is 1.83 bits per heavy atom. The second kappa shape index (κ2) is 7.25. The van der Waals surface area contributed by atoms with Crippen LogP contribution in [0.2, 0.25) is 10.0 Å². The average Bonchev–Trinajstić information content (AvgIpc) is 2.51. The molecule has 0 amide bonds. The van der Waals surface area contributed by atoms with E-state index in [0.29, 0.717) is 29.0 Å². The van der Waals surface area contributed by atoms with Crippen LogP contribution in [0.5, 0.6) is 0 Å². The summed E-state index contributed by atoms with van der Waals surface area (Å²) in [4.78, 5) is 0.174. The molecule has 0 heterocycles. The number of benzene rings is 1. The van der Waals surface area contributed by atoms with Gasteiger partial charge in [-0.3, -0.25) is 0 Å². The van der Waals surface area contributed by atoms with Gasteiger partial charge < -0.3 is 0 Å². The van der Waals surface area contributed by atoms with Gasteiger partial charge in [0.05, 0.1) is 21.2 Å². The highest BCUT2D eigenvalue weighted by Gasteiger charge is 2.33. The third-order valence-corrected chi connectivity index (χ3v) is 7.47. The monoisotopic (exact) mass is 371 g/mol. The summed E-state index contributed by atoms with van der Waals surface area (Å²) in [6.07, 6.45) is 4.66. The van der Waals surface area contributed by atoms with Crippen molar-refractivity contribution in [1.82, 2.24) is 0 Å². The van der Waals surface area contributed by atoms with Crippen LogP contribution in [0.25, 0.3) is 0 Å². The Labute approximate surface area is 147 Å². The van der Waals surface area contributed by atoms with Gasteiger partial charge in [-0.25, -0.2) is 8.42 Å². The van der Waals surface area contributed by atoms with Crippen molar-refractivity contribution in [3.63, 3.8) is 0 Å². The van der Waals surface area contributed by atoms with Crippen molar-refractivity contribution in [3.05, 3.63) is 39.4 Å². The van der Waals surface area contributed by atoms with E-state index in [1.807, 2.05) is 6.08 Å². The van der Waals surface area contributed by atoms with E-state index in [0.717, 1.165) is 12.8 Å². The lowest BCUT2D eigenvalue weighted by Crippen LogP contribution is -2.27. The zero-order valence-corrected chi connectivity index (χ0v) is 15.5. The van der Waals surface area contributed by atoms with Crippen molar-refractivity contribution in [2.24, 2.45) is 5.92 Å². The number of hydrogen-bond acceptors (Lipinski definition) is 3. The molecule has 124 valence electrons. The molecule has 1 saturated carbocycles. The predicted molar refractivity (Wildman–Crippen MR) is 93.5 cm³/mol. The van der Waals surface area contributed by atoms with Crippen LogP contribution in [0.3, 0.4) is 0 Å². The summed E-state index contributed by atoms with van der Waals surface area (Å²) >= 11 is 12.1. The van der Waals surface area contributed by atoms with Crippen molar-refractivity contribution in [3.8, 4) is 6.07 Å². The number of aryl methyl sites for hydroxylation is 1. The number of nitrogens with zero attached hydrogens (tertiary/aromatic N) is 1. The fraction of sp³-hybridized carbons (Fsp3) is 0.471. The molecule has 1 aliphatic rings. The number of allylic oxidation sites excluding steroid dienone is 2. The number of nitriles is 1. The molecule has 1 fully saturated rings. The molecule has 3 nitrogen and oxygen atoms in total. The fourth-order valence-corrected chi connectivity index (χ4v) is 5.61. The summed E-state index contributed by atoms with van der Waals surface area (Å²) in [7, 11) is -3.47. The van der Waals surface area contributed by atoms with Crippen LogP contribution < -0.4 is 0 Å². The maximum Gasteiger partial charge on any atom is 0.182 e. The molecule has 6 heteroatoms. The molecule has 0 bridgehead atoms. The Bertz CT molecular complexity index is 771. The first kappa shape index (κ1) is 18.3. The fourth-order valence-electron chi connectivity index (χ4n) is 2.98. The summed E-state index contributed by atoms with van der Waals surface area (Å²) in [6, 6.07) is 5.17. The van der Waals surface area contributed by atoms with Gasteiger partial charge in [-0.1, -0.05) is 29.3 Å². The van der Waals surface area contributed by atoms with Gasteiger partial charge in [0.1, 0.15) is 0 Å². The van der Waals surface area contributed by atoms with E-state index in [2.05, 4.69) is 6.07 Å². The van der Waals surface area contributed by atoms with Gasteiger partial charge >= 0.3 is 0 Å². The third-order valence-electron chi connectivity index (χ3n) is 4.34. The molecule has 1 aromatic rings. The standard InChI is InChI=1S/C17H19Cl2NO2S/c1-11(10-20)7-13-3-5-14(6-4-13)23(21,22)17-8-12(2)15(18)9-16(17)19/h7-9,13-14H,3-6H2,1-2H3/b11-7+. The van der Waals surface area contributed by atoms with Gasteiger partial charge in [-0.05, 0) is 63.1 Å². The van der Waals surface area contributed by atoms with Crippen molar-refractivity contribution in [1.29, 1.82) is 5.26 Å². The molecule has 1 aromatic carbocycles. The van der Waals surface area contributed by atoms with E-state index in [4.69, 9.17) is 28.5 Å². The molecule has 23 heavy (non-hydrogen) atoms.